The van der Waals surface area contributed by atoms with E-state index in [-0.39, 0.29) is 0 Å². The lowest BCUT2D eigenvalue weighted by Gasteiger charge is -2.18. The molecule has 1 aliphatic rings. The van der Waals surface area contributed by atoms with Gasteiger partial charge in [-0.1, -0.05) is 39.5 Å². The van der Waals surface area contributed by atoms with E-state index < -0.39 is 0 Å². The monoisotopic (exact) mass is 198 g/mol. The third-order valence-electron chi connectivity index (χ3n) is 3.15. The van der Waals surface area contributed by atoms with E-state index in [1.54, 1.807) is 0 Å². The Bertz CT molecular complexity index is 131. The Morgan fingerprint density at radius 3 is 1.64 bits per heavy atom. The topological polar surface area (TPSA) is 24.1 Å². The molecule has 0 aromatic rings. The minimum Gasteiger partial charge on any atom is -0.298 e. The van der Waals surface area contributed by atoms with Crippen molar-refractivity contribution < 1.29 is 0 Å². The molecule has 1 saturated heterocycles. The number of nitrogens with one attached hydrogen (secondary N) is 2. The van der Waals surface area contributed by atoms with Crippen LogP contribution in [0.1, 0.15) is 59.3 Å². The van der Waals surface area contributed by atoms with Gasteiger partial charge < -0.3 is 0 Å². The first-order valence-electron chi connectivity index (χ1n) is 6.30. The lowest BCUT2D eigenvalue weighted by atomic mass is 9.99. The van der Waals surface area contributed by atoms with Crippen LogP contribution in [0.2, 0.25) is 0 Å². The van der Waals surface area contributed by atoms with E-state index in [0.29, 0.717) is 6.17 Å². The summed E-state index contributed by atoms with van der Waals surface area (Å²) in [6, 6.07) is 1.44. The van der Waals surface area contributed by atoms with Crippen LogP contribution in [-0.2, 0) is 0 Å². The maximum Gasteiger partial charge on any atom is 0.0547 e. The van der Waals surface area contributed by atoms with Gasteiger partial charge >= 0.3 is 0 Å². The van der Waals surface area contributed by atoms with Crippen molar-refractivity contribution in [1.29, 1.82) is 0 Å². The minimum atomic E-state index is 0.513. The van der Waals surface area contributed by atoms with Crippen LogP contribution in [-0.4, -0.2) is 18.2 Å². The zero-order valence-electron chi connectivity index (χ0n) is 9.97. The molecule has 2 nitrogen and oxygen atoms in total. The molecule has 0 aromatic heterocycles. The highest BCUT2D eigenvalue weighted by atomic mass is 15.2. The summed E-state index contributed by atoms with van der Waals surface area (Å²) >= 11 is 0. The molecule has 2 atom stereocenters. The molecular weight excluding hydrogens is 172 g/mol. The Labute approximate surface area is 88.8 Å². The fourth-order valence-corrected chi connectivity index (χ4v) is 2.34. The van der Waals surface area contributed by atoms with Crippen molar-refractivity contribution in [3.8, 4) is 0 Å². The normalized spacial score (nSPS) is 32.4. The van der Waals surface area contributed by atoms with E-state index in [0.717, 1.165) is 12.1 Å². The van der Waals surface area contributed by atoms with Crippen LogP contribution in [0.3, 0.4) is 0 Å². The molecule has 0 radical (unpaired) electrons. The summed E-state index contributed by atoms with van der Waals surface area (Å²) in [5.41, 5.74) is 0. The summed E-state index contributed by atoms with van der Waals surface area (Å²) < 4.78 is 0. The SMILES string of the molecule is CCCCC1NC(C)NC1CCCC. The van der Waals surface area contributed by atoms with Crippen molar-refractivity contribution in [2.45, 2.75) is 77.5 Å². The van der Waals surface area contributed by atoms with Crippen LogP contribution >= 0.6 is 0 Å². The van der Waals surface area contributed by atoms with Crippen LogP contribution in [0, 0.1) is 0 Å². The van der Waals surface area contributed by atoms with E-state index in [4.69, 9.17) is 0 Å². The lowest BCUT2D eigenvalue weighted by Crippen LogP contribution is -2.33. The zero-order valence-corrected chi connectivity index (χ0v) is 9.97. The third-order valence-corrected chi connectivity index (χ3v) is 3.15. The third kappa shape index (κ3) is 3.58. The van der Waals surface area contributed by atoms with E-state index in [2.05, 4.69) is 31.4 Å². The number of hydrogen-bond donors (Lipinski definition) is 2. The quantitative estimate of drug-likeness (QED) is 0.685. The molecule has 1 fully saturated rings. The average molecular weight is 198 g/mol. The first kappa shape index (κ1) is 12.0. The second-order valence-corrected chi connectivity index (χ2v) is 4.55. The van der Waals surface area contributed by atoms with Crippen LogP contribution in [0.5, 0.6) is 0 Å². The fraction of sp³-hybridized carbons (Fsp3) is 1.00. The van der Waals surface area contributed by atoms with Crippen molar-refractivity contribution >= 4 is 0 Å². The zero-order chi connectivity index (χ0) is 10.4. The molecule has 0 aliphatic carbocycles. The van der Waals surface area contributed by atoms with Gasteiger partial charge in [-0.2, -0.15) is 0 Å². The van der Waals surface area contributed by atoms with Gasteiger partial charge in [-0.15, -0.1) is 0 Å². The molecule has 0 spiro atoms. The van der Waals surface area contributed by atoms with Crippen molar-refractivity contribution in [2.24, 2.45) is 0 Å². The summed E-state index contributed by atoms with van der Waals surface area (Å²) in [7, 11) is 0. The summed E-state index contributed by atoms with van der Waals surface area (Å²) in [4.78, 5) is 0. The summed E-state index contributed by atoms with van der Waals surface area (Å²) in [5.74, 6) is 0. The molecule has 2 N–H and O–H groups in total. The molecule has 84 valence electrons. The molecule has 14 heavy (non-hydrogen) atoms. The predicted octanol–water partition coefficient (Wildman–Crippen LogP) is 2.64. The predicted molar refractivity (Wildman–Crippen MR) is 62.4 cm³/mol. The van der Waals surface area contributed by atoms with Gasteiger partial charge in [0.05, 0.1) is 6.17 Å². The molecule has 0 aromatic carbocycles. The van der Waals surface area contributed by atoms with Gasteiger partial charge in [-0.25, -0.2) is 0 Å². The maximum absolute atomic E-state index is 3.64. The van der Waals surface area contributed by atoms with Gasteiger partial charge in [0.1, 0.15) is 0 Å². The highest BCUT2D eigenvalue weighted by Gasteiger charge is 2.28. The standard InChI is InChI=1S/C12H26N2/c1-4-6-8-11-12(9-7-5-2)14-10(3)13-11/h10-14H,4-9H2,1-3H3. The largest absolute Gasteiger partial charge is 0.298 e. The molecule has 1 aliphatic heterocycles. The molecule has 2 heteroatoms. The minimum absolute atomic E-state index is 0.513. The second-order valence-electron chi connectivity index (χ2n) is 4.55. The molecular formula is C12H26N2. The van der Waals surface area contributed by atoms with E-state index in [1.807, 2.05) is 0 Å². The van der Waals surface area contributed by atoms with Crippen LogP contribution < -0.4 is 10.6 Å². The first-order chi connectivity index (χ1) is 6.77. The Morgan fingerprint density at radius 1 is 0.857 bits per heavy atom. The summed E-state index contributed by atoms with van der Waals surface area (Å²) in [5, 5.41) is 7.27. The molecule has 0 amide bonds. The van der Waals surface area contributed by atoms with Crippen molar-refractivity contribution in [2.75, 3.05) is 0 Å². The van der Waals surface area contributed by atoms with Crippen LogP contribution in [0.25, 0.3) is 0 Å². The summed E-state index contributed by atoms with van der Waals surface area (Å²) in [6.45, 7) is 6.77. The van der Waals surface area contributed by atoms with Gasteiger partial charge in [-0.05, 0) is 19.8 Å². The van der Waals surface area contributed by atoms with E-state index in [9.17, 15) is 0 Å². The fourth-order valence-electron chi connectivity index (χ4n) is 2.34. The van der Waals surface area contributed by atoms with Gasteiger partial charge in [-0.3, -0.25) is 10.6 Å². The number of rotatable bonds is 6. The number of unbranched alkanes of at least 4 members (excludes halogenated alkanes) is 2. The molecule has 1 heterocycles. The smallest absolute Gasteiger partial charge is 0.0547 e. The second kappa shape index (κ2) is 6.41. The highest BCUT2D eigenvalue weighted by molar-refractivity contribution is 4.90. The molecule has 0 bridgehead atoms. The Kier molecular flexibility index (Phi) is 5.49. The van der Waals surface area contributed by atoms with Gasteiger partial charge in [0.25, 0.3) is 0 Å². The molecule has 2 unspecified atom stereocenters. The van der Waals surface area contributed by atoms with Gasteiger partial charge in [0, 0.05) is 12.1 Å². The summed E-state index contributed by atoms with van der Waals surface area (Å²) in [6.07, 6.45) is 8.52. The number of hydrogen-bond acceptors (Lipinski definition) is 2. The highest BCUT2D eigenvalue weighted by Crippen LogP contribution is 2.16. The van der Waals surface area contributed by atoms with E-state index >= 15 is 0 Å². The molecule has 0 saturated carbocycles. The molecule has 1 rings (SSSR count). The first-order valence-corrected chi connectivity index (χ1v) is 6.30. The maximum atomic E-state index is 3.64. The van der Waals surface area contributed by atoms with Crippen LogP contribution in [0.4, 0.5) is 0 Å². The van der Waals surface area contributed by atoms with E-state index in [1.165, 1.54) is 38.5 Å². The Morgan fingerprint density at radius 2 is 1.29 bits per heavy atom. The average Bonchev–Trinajstić information content (AvgIpc) is 2.52. The van der Waals surface area contributed by atoms with Crippen molar-refractivity contribution in [3.05, 3.63) is 0 Å². The Balaban J connectivity index is 2.29. The van der Waals surface area contributed by atoms with Gasteiger partial charge in [0.15, 0.2) is 0 Å². The van der Waals surface area contributed by atoms with Crippen molar-refractivity contribution in [3.63, 3.8) is 0 Å². The Hall–Kier alpha value is -0.0800. The van der Waals surface area contributed by atoms with Crippen molar-refractivity contribution in [1.82, 2.24) is 10.6 Å². The van der Waals surface area contributed by atoms with Crippen LogP contribution in [0.15, 0.2) is 0 Å². The van der Waals surface area contributed by atoms with Gasteiger partial charge in [0.2, 0.25) is 0 Å². The lowest BCUT2D eigenvalue weighted by molar-refractivity contribution is 0.432.